The maximum atomic E-state index is 4.37. The number of hydrogen-bond donors (Lipinski definition) is 1. The van der Waals surface area contributed by atoms with E-state index in [0.29, 0.717) is 11.5 Å². The molecule has 1 aliphatic carbocycles. The smallest absolute Gasteiger partial charge is 0.147 e. The number of rotatable bonds is 3. The van der Waals surface area contributed by atoms with Gasteiger partial charge in [-0.3, -0.25) is 0 Å². The molecule has 106 valence electrons. The summed E-state index contributed by atoms with van der Waals surface area (Å²) in [6.07, 6.45) is 8.95. The minimum absolute atomic E-state index is 0.500. The summed E-state index contributed by atoms with van der Waals surface area (Å²) in [5.74, 6) is 2.32. The van der Waals surface area contributed by atoms with Crippen LogP contribution >= 0.6 is 0 Å². The van der Waals surface area contributed by atoms with Gasteiger partial charge in [0.05, 0.1) is 6.54 Å². The number of nitrogens with zero attached hydrogens (tertiary/aromatic N) is 3. The molecule has 0 radical (unpaired) electrons. The molecule has 0 spiro atoms. The molecule has 2 aliphatic rings. The standard InChI is InChI=1S/C15H26N4/c1-15(2)8-5-6-12(10-15)16-11-14-18-17-13-7-3-4-9-19(13)14/h12,16H,3-11H2,1-2H3. The van der Waals surface area contributed by atoms with Gasteiger partial charge in [-0.25, -0.2) is 0 Å². The molecular weight excluding hydrogens is 236 g/mol. The summed E-state index contributed by atoms with van der Waals surface area (Å²) in [5.41, 5.74) is 0.500. The van der Waals surface area contributed by atoms with Crippen LogP contribution in [0.15, 0.2) is 0 Å². The first-order chi connectivity index (χ1) is 9.14. The third-order valence-corrected chi connectivity index (χ3v) is 4.69. The molecule has 2 heterocycles. The van der Waals surface area contributed by atoms with Crippen LogP contribution in [0.4, 0.5) is 0 Å². The van der Waals surface area contributed by atoms with E-state index in [1.54, 1.807) is 0 Å². The maximum absolute atomic E-state index is 4.37. The van der Waals surface area contributed by atoms with E-state index in [4.69, 9.17) is 0 Å². The van der Waals surface area contributed by atoms with Gasteiger partial charge < -0.3 is 9.88 Å². The molecule has 1 aliphatic heterocycles. The fourth-order valence-corrected chi connectivity index (χ4v) is 3.61. The molecule has 3 rings (SSSR count). The molecule has 4 nitrogen and oxygen atoms in total. The first-order valence-corrected chi connectivity index (χ1v) is 7.78. The quantitative estimate of drug-likeness (QED) is 0.910. The van der Waals surface area contributed by atoms with Crippen molar-refractivity contribution < 1.29 is 0 Å². The van der Waals surface area contributed by atoms with Crippen molar-refractivity contribution in [2.45, 2.75) is 77.9 Å². The Bertz CT molecular complexity index is 435. The van der Waals surface area contributed by atoms with E-state index in [2.05, 4.69) is 33.9 Å². The van der Waals surface area contributed by atoms with Crippen molar-refractivity contribution in [2.24, 2.45) is 5.41 Å². The SMILES string of the molecule is CC1(C)CCCC(NCc2nnc3n2CCCC3)C1. The van der Waals surface area contributed by atoms with E-state index in [-0.39, 0.29) is 0 Å². The zero-order chi connectivity index (χ0) is 13.3. The lowest BCUT2D eigenvalue weighted by molar-refractivity contribution is 0.196. The minimum atomic E-state index is 0.500. The molecule has 19 heavy (non-hydrogen) atoms. The van der Waals surface area contributed by atoms with Crippen LogP contribution < -0.4 is 5.32 Å². The Labute approximate surface area is 116 Å². The second-order valence-electron chi connectivity index (χ2n) is 6.98. The second-order valence-corrected chi connectivity index (χ2v) is 6.98. The van der Waals surface area contributed by atoms with Gasteiger partial charge in [0.1, 0.15) is 11.6 Å². The molecular formula is C15H26N4. The Balaban J connectivity index is 1.59. The molecule has 1 fully saturated rings. The molecule has 1 aromatic heterocycles. The van der Waals surface area contributed by atoms with E-state index in [0.717, 1.165) is 25.3 Å². The number of aryl methyl sites for hydroxylation is 1. The molecule has 1 atom stereocenters. The molecule has 1 saturated carbocycles. The van der Waals surface area contributed by atoms with Gasteiger partial charge in [0.2, 0.25) is 0 Å². The molecule has 0 amide bonds. The molecule has 0 saturated heterocycles. The summed E-state index contributed by atoms with van der Waals surface area (Å²) in [7, 11) is 0. The fraction of sp³-hybridized carbons (Fsp3) is 0.867. The van der Waals surface area contributed by atoms with Gasteiger partial charge >= 0.3 is 0 Å². The average Bonchev–Trinajstić information content (AvgIpc) is 2.78. The number of fused-ring (bicyclic) bond motifs is 1. The van der Waals surface area contributed by atoms with Crippen LogP contribution in [0.25, 0.3) is 0 Å². The monoisotopic (exact) mass is 262 g/mol. The lowest BCUT2D eigenvalue weighted by Crippen LogP contribution is -2.37. The van der Waals surface area contributed by atoms with Gasteiger partial charge in [0.15, 0.2) is 0 Å². The highest BCUT2D eigenvalue weighted by atomic mass is 15.3. The zero-order valence-corrected chi connectivity index (χ0v) is 12.3. The third kappa shape index (κ3) is 2.99. The van der Waals surface area contributed by atoms with Gasteiger partial charge in [-0.2, -0.15) is 0 Å². The van der Waals surface area contributed by atoms with Crippen LogP contribution in [0.5, 0.6) is 0 Å². The van der Waals surface area contributed by atoms with Crippen molar-refractivity contribution >= 4 is 0 Å². The summed E-state index contributed by atoms with van der Waals surface area (Å²) in [6.45, 7) is 6.77. The van der Waals surface area contributed by atoms with Gasteiger partial charge in [-0.15, -0.1) is 10.2 Å². The average molecular weight is 262 g/mol. The Morgan fingerprint density at radius 1 is 1.26 bits per heavy atom. The highest BCUT2D eigenvalue weighted by Gasteiger charge is 2.28. The van der Waals surface area contributed by atoms with Gasteiger partial charge in [-0.05, 0) is 37.5 Å². The Morgan fingerprint density at radius 2 is 2.16 bits per heavy atom. The molecule has 1 N–H and O–H groups in total. The zero-order valence-electron chi connectivity index (χ0n) is 12.3. The van der Waals surface area contributed by atoms with Gasteiger partial charge in [-0.1, -0.05) is 20.3 Å². The lowest BCUT2D eigenvalue weighted by Gasteiger charge is -2.35. The summed E-state index contributed by atoms with van der Waals surface area (Å²) in [4.78, 5) is 0. The van der Waals surface area contributed by atoms with Crippen LogP contribution in [-0.2, 0) is 19.5 Å². The first kappa shape index (κ1) is 13.1. The molecule has 1 unspecified atom stereocenters. The summed E-state index contributed by atoms with van der Waals surface area (Å²) < 4.78 is 2.32. The van der Waals surface area contributed by atoms with Gasteiger partial charge in [0, 0.05) is 19.0 Å². The minimum Gasteiger partial charge on any atom is -0.314 e. The largest absolute Gasteiger partial charge is 0.314 e. The predicted octanol–water partition coefficient (Wildman–Crippen LogP) is 2.67. The second kappa shape index (κ2) is 5.23. The summed E-state index contributed by atoms with van der Waals surface area (Å²) >= 11 is 0. The van der Waals surface area contributed by atoms with Crippen LogP contribution in [0.1, 0.15) is 64.0 Å². The van der Waals surface area contributed by atoms with E-state index < -0.39 is 0 Å². The van der Waals surface area contributed by atoms with Crippen molar-refractivity contribution in [1.29, 1.82) is 0 Å². The Morgan fingerprint density at radius 3 is 3.00 bits per heavy atom. The van der Waals surface area contributed by atoms with E-state index in [1.165, 1.54) is 44.3 Å². The van der Waals surface area contributed by atoms with Crippen LogP contribution in [-0.4, -0.2) is 20.8 Å². The van der Waals surface area contributed by atoms with Crippen molar-refractivity contribution in [3.63, 3.8) is 0 Å². The van der Waals surface area contributed by atoms with Crippen molar-refractivity contribution in [1.82, 2.24) is 20.1 Å². The van der Waals surface area contributed by atoms with E-state index in [9.17, 15) is 0 Å². The van der Waals surface area contributed by atoms with E-state index in [1.807, 2.05) is 0 Å². The third-order valence-electron chi connectivity index (χ3n) is 4.69. The van der Waals surface area contributed by atoms with Crippen LogP contribution in [0.3, 0.4) is 0 Å². The van der Waals surface area contributed by atoms with Crippen molar-refractivity contribution in [2.75, 3.05) is 0 Å². The normalized spacial score (nSPS) is 26.1. The summed E-state index contributed by atoms with van der Waals surface area (Å²) in [5, 5.41) is 12.4. The van der Waals surface area contributed by atoms with Crippen molar-refractivity contribution in [3.8, 4) is 0 Å². The fourth-order valence-electron chi connectivity index (χ4n) is 3.61. The van der Waals surface area contributed by atoms with Crippen LogP contribution in [0.2, 0.25) is 0 Å². The summed E-state index contributed by atoms with van der Waals surface area (Å²) in [6, 6.07) is 0.653. The number of nitrogens with one attached hydrogen (secondary N) is 1. The highest BCUT2D eigenvalue weighted by molar-refractivity contribution is 4.99. The Kier molecular flexibility index (Phi) is 3.61. The van der Waals surface area contributed by atoms with Crippen LogP contribution in [0, 0.1) is 5.41 Å². The maximum Gasteiger partial charge on any atom is 0.147 e. The molecule has 0 aromatic carbocycles. The molecule has 0 bridgehead atoms. The Hall–Kier alpha value is -0.900. The van der Waals surface area contributed by atoms with E-state index >= 15 is 0 Å². The molecule has 1 aromatic rings. The van der Waals surface area contributed by atoms with Gasteiger partial charge in [0.25, 0.3) is 0 Å². The molecule has 4 heteroatoms. The first-order valence-electron chi connectivity index (χ1n) is 7.78. The number of aromatic nitrogens is 3. The highest BCUT2D eigenvalue weighted by Crippen LogP contribution is 2.35. The van der Waals surface area contributed by atoms with Crippen molar-refractivity contribution in [3.05, 3.63) is 11.6 Å². The number of hydrogen-bond acceptors (Lipinski definition) is 3. The topological polar surface area (TPSA) is 42.7 Å². The predicted molar refractivity (Wildman–Crippen MR) is 75.8 cm³/mol. The lowest BCUT2D eigenvalue weighted by atomic mass is 9.75.